The van der Waals surface area contributed by atoms with Crippen LogP contribution in [0.4, 0.5) is 18.9 Å². The molecule has 1 N–H and O–H groups in total. The molecule has 2 rings (SSSR count). The fourth-order valence-corrected chi connectivity index (χ4v) is 1.95. The lowest BCUT2D eigenvalue weighted by atomic mass is 10.1. The molecule has 2 aromatic rings. The molecule has 0 saturated carbocycles. The Bertz CT molecular complexity index is 790. The topological polar surface area (TPSA) is 71.5 Å². The van der Waals surface area contributed by atoms with Crippen LogP contribution in [0.3, 0.4) is 0 Å². The van der Waals surface area contributed by atoms with Gasteiger partial charge in [-0.25, -0.2) is 4.98 Å². The predicted octanol–water partition coefficient (Wildman–Crippen LogP) is 2.98. The minimum absolute atomic E-state index is 0.133. The molecule has 26 heavy (non-hydrogen) atoms. The van der Waals surface area contributed by atoms with Crippen molar-refractivity contribution in [2.75, 3.05) is 26.0 Å². The van der Waals surface area contributed by atoms with Gasteiger partial charge in [-0.05, 0) is 24.3 Å². The lowest BCUT2D eigenvalue weighted by Gasteiger charge is -2.12. The Morgan fingerprint density at radius 3 is 2.46 bits per heavy atom. The molecule has 0 fully saturated rings. The van der Waals surface area contributed by atoms with Crippen molar-refractivity contribution in [3.63, 3.8) is 0 Å². The number of benzene rings is 1. The number of hydrogen-bond donors (Lipinski definition) is 1. The molecular formula is C17H16F3N3O3. The fourth-order valence-electron chi connectivity index (χ4n) is 1.95. The molecule has 9 heteroatoms. The Morgan fingerprint density at radius 1 is 1.15 bits per heavy atom. The second-order valence-electron chi connectivity index (χ2n) is 5.52. The SMILES string of the molecule is CN(C)C(=O)c1cccc(NC(=O)c2ccc(OCC(F)(F)F)nc2)c1. The van der Waals surface area contributed by atoms with Gasteiger partial charge < -0.3 is 15.0 Å². The summed E-state index contributed by atoms with van der Waals surface area (Å²) in [5.74, 6) is -0.972. The normalized spacial score (nSPS) is 11.0. The molecule has 138 valence electrons. The van der Waals surface area contributed by atoms with Crippen LogP contribution in [0.1, 0.15) is 20.7 Å². The summed E-state index contributed by atoms with van der Waals surface area (Å²) < 4.78 is 40.7. The molecule has 0 aliphatic carbocycles. The van der Waals surface area contributed by atoms with Gasteiger partial charge in [-0.3, -0.25) is 9.59 Å². The summed E-state index contributed by atoms with van der Waals surface area (Å²) in [5, 5.41) is 2.60. The molecule has 0 saturated heterocycles. The Morgan fingerprint density at radius 2 is 1.88 bits per heavy atom. The van der Waals surface area contributed by atoms with Crippen molar-refractivity contribution in [2.24, 2.45) is 0 Å². The van der Waals surface area contributed by atoms with E-state index in [2.05, 4.69) is 15.0 Å². The first-order valence-electron chi connectivity index (χ1n) is 7.44. The van der Waals surface area contributed by atoms with E-state index in [1.165, 1.54) is 23.1 Å². The molecule has 1 aromatic carbocycles. The number of carbonyl (C=O) groups excluding carboxylic acids is 2. The second-order valence-corrected chi connectivity index (χ2v) is 5.52. The summed E-state index contributed by atoms with van der Waals surface area (Å²) in [6.07, 6.45) is -3.36. The van der Waals surface area contributed by atoms with E-state index in [-0.39, 0.29) is 17.4 Å². The van der Waals surface area contributed by atoms with E-state index >= 15 is 0 Å². The summed E-state index contributed by atoms with van der Waals surface area (Å²) in [7, 11) is 3.23. The number of hydrogen-bond acceptors (Lipinski definition) is 4. The number of rotatable bonds is 5. The zero-order chi connectivity index (χ0) is 19.3. The third-order valence-corrected chi connectivity index (χ3v) is 3.16. The number of halogens is 3. The molecule has 1 heterocycles. The summed E-state index contributed by atoms with van der Waals surface area (Å²) >= 11 is 0. The van der Waals surface area contributed by atoms with E-state index in [0.29, 0.717) is 11.3 Å². The van der Waals surface area contributed by atoms with Crippen molar-refractivity contribution in [1.29, 1.82) is 0 Å². The van der Waals surface area contributed by atoms with Crippen molar-refractivity contribution in [1.82, 2.24) is 9.88 Å². The number of nitrogens with one attached hydrogen (secondary N) is 1. The van der Waals surface area contributed by atoms with E-state index in [1.807, 2.05) is 0 Å². The molecule has 0 aliphatic rings. The zero-order valence-electron chi connectivity index (χ0n) is 14.0. The third kappa shape index (κ3) is 5.47. The Hall–Kier alpha value is -3.10. The third-order valence-electron chi connectivity index (χ3n) is 3.16. The number of aromatic nitrogens is 1. The maximum atomic E-state index is 12.2. The van der Waals surface area contributed by atoms with Crippen LogP contribution in [0.5, 0.6) is 5.88 Å². The zero-order valence-corrected chi connectivity index (χ0v) is 14.0. The molecule has 0 unspecified atom stereocenters. The summed E-state index contributed by atoms with van der Waals surface area (Å²) in [6.45, 7) is -1.46. The van der Waals surface area contributed by atoms with E-state index in [9.17, 15) is 22.8 Å². The second kappa shape index (κ2) is 7.85. The number of ether oxygens (including phenoxy) is 1. The van der Waals surface area contributed by atoms with Gasteiger partial charge in [0, 0.05) is 37.6 Å². The number of nitrogens with zero attached hydrogens (tertiary/aromatic N) is 2. The van der Waals surface area contributed by atoms with E-state index < -0.39 is 18.7 Å². The van der Waals surface area contributed by atoms with Gasteiger partial charge in [0.25, 0.3) is 11.8 Å². The first-order valence-corrected chi connectivity index (χ1v) is 7.44. The van der Waals surface area contributed by atoms with Crippen LogP contribution in [-0.2, 0) is 0 Å². The summed E-state index contributed by atoms with van der Waals surface area (Å²) in [4.78, 5) is 29.2. The van der Waals surface area contributed by atoms with Crippen LogP contribution in [-0.4, -0.2) is 48.6 Å². The number of anilines is 1. The van der Waals surface area contributed by atoms with Crippen LogP contribution < -0.4 is 10.1 Å². The highest BCUT2D eigenvalue weighted by Crippen LogP contribution is 2.18. The fraction of sp³-hybridized carbons (Fsp3) is 0.235. The van der Waals surface area contributed by atoms with Gasteiger partial charge in [0.05, 0.1) is 5.56 Å². The maximum Gasteiger partial charge on any atom is 0.422 e. The van der Waals surface area contributed by atoms with E-state index in [4.69, 9.17) is 0 Å². The highest BCUT2D eigenvalue weighted by atomic mass is 19.4. The van der Waals surface area contributed by atoms with Crippen LogP contribution in [0.2, 0.25) is 0 Å². The highest BCUT2D eigenvalue weighted by Gasteiger charge is 2.28. The predicted molar refractivity (Wildman–Crippen MR) is 88.2 cm³/mol. The lowest BCUT2D eigenvalue weighted by Crippen LogP contribution is -2.22. The van der Waals surface area contributed by atoms with Crippen molar-refractivity contribution in [2.45, 2.75) is 6.18 Å². The standard InChI is InChI=1S/C17H16F3N3O3/c1-23(2)16(25)11-4-3-5-13(8-11)22-15(24)12-6-7-14(21-9-12)26-10-17(18,19)20/h3-9H,10H2,1-2H3,(H,22,24). The molecule has 0 atom stereocenters. The van der Waals surface area contributed by atoms with Crippen LogP contribution >= 0.6 is 0 Å². The van der Waals surface area contributed by atoms with Gasteiger partial charge in [-0.15, -0.1) is 0 Å². The Balaban J connectivity index is 2.04. The number of carbonyl (C=O) groups is 2. The largest absolute Gasteiger partial charge is 0.468 e. The Kier molecular flexibility index (Phi) is 5.81. The quantitative estimate of drug-likeness (QED) is 0.882. The molecule has 1 aromatic heterocycles. The van der Waals surface area contributed by atoms with Gasteiger partial charge in [-0.2, -0.15) is 13.2 Å². The number of pyridine rings is 1. The van der Waals surface area contributed by atoms with Gasteiger partial charge in [0.15, 0.2) is 6.61 Å². The molecule has 0 radical (unpaired) electrons. The molecular weight excluding hydrogens is 351 g/mol. The van der Waals surface area contributed by atoms with Crippen molar-refractivity contribution in [3.8, 4) is 5.88 Å². The first-order chi connectivity index (χ1) is 12.2. The average Bonchev–Trinajstić information content (AvgIpc) is 2.59. The summed E-state index contributed by atoms with van der Waals surface area (Å²) in [5.41, 5.74) is 0.940. The molecule has 0 aliphatic heterocycles. The molecule has 2 amide bonds. The van der Waals surface area contributed by atoms with E-state index in [0.717, 1.165) is 6.20 Å². The smallest absolute Gasteiger partial charge is 0.422 e. The maximum absolute atomic E-state index is 12.2. The number of alkyl halides is 3. The van der Waals surface area contributed by atoms with Crippen molar-refractivity contribution in [3.05, 3.63) is 53.7 Å². The van der Waals surface area contributed by atoms with Crippen molar-refractivity contribution < 1.29 is 27.5 Å². The van der Waals surface area contributed by atoms with Gasteiger partial charge in [0.2, 0.25) is 5.88 Å². The van der Waals surface area contributed by atoms with Gasteiger partial charge in [0.1, 0.15) is 0 Å². The Labute approximate surface area is 147 Å². The number of amides is 2. The van der Waals surface area contributed by atoms with Crippen molar-refractivity contribution >= 4 is 17.5 Å². The van der Waals surface area contributed by atoms with Crippen LogP contribution in [0.25, 0.3) is 0 Å². The van der Waals surface area contributed by atoms with Gasteiger partial charge >= 0.3 is 6.18 Å². The minimum Gasteiger partial charge on any atom is -0.468 e. The molecule has 6 nitrogen and oxygen atoms in total. The summed E-state index contributed by atoms with van der Waals surface area (Å²) in [6, 6.07) is 8.84. The van der Waals surface area contributed by atoms with E-state index in [1.54, 1.807) is 32.3 Å². The van der Waals surface area contributed by atoms with Gasteiger partial charge in [-0.1, -0.05) is 6.07 Å². The average molecular weight is 367 g/mol. The lowest BCUT2D eigenvalue weighted by molar-refractivity contribution is -0.154. The van der Waals surface area contributed by atoms with Crippen LogP contribution in [0, 0.1) is 0 Å². The molecule has 0 bridgehead atoms. The molecule has 0 spiro atoms. The minimum atomic E-state index is -4.47. The highest BCUT2D eigenvalue weighted by molar-refractivity contribution is 6.05. The first kappa shape index (κ1) is 19.2. The monoisotopic (exact) mass is 367 g/mol. The van der Waals surface area contributed by atoms with Crippen LogP contribution in [0.15, 0.2) is 42.6 Å².